The second-order valence-corrected chi connectivity index (χ2v) is 4.66. The number of anilines is 1. The van der Waals surface area contributed by atoms with Crippen LogP contribution in [-0.2, 0) is 4.79 Å². The molecule has 0 fully saturated rings. The smallest absolute Gasteiger partial charge is 0.239 e. The first kappa shape index (κ1) is 13.6. The summed E-state index contributed by atoms with van der Waals surface area (Å²) in [6, 6.07) is 11.0. The van der Waals surface area contributed by atoms with Crippen LogP contribution >= 0.6 is 11.6 Å². The molecule has 1 heterocycles. The number of carbonyl (C=O) groups excluding carboxylic acids is 1. The van der Waals surface area contributed by atoms with Crippen LogP contribution < -0.4 is 5.32 Å². The standard InChI is InChI=1S/C15H10ClFN2O2/c16-8-14(20)18-11-5-6-13-12(7-11)19-15(21-13)9-1-3-10(17)4-2-9/h1-7H,8H2,(H,18,20). The van der Waals surface area contributed by atoms with Crippen molar-refractivity contribution in [3.63, 3.8) is 0 Å². The molecule has 0 unspecified atom stereocenters. The fraction of sp³-hybridized carbons (Fsp3) is 0.0667. The lowest BCUT2D eigenvalue weighted by atomic mass is 10.2. The van der Waals surface area contributed by atoms with Crippen molar-refractivity contribution in [2.24, 2.45) is 0 Å². The van der Waals surface area contributed by atoms with Crippen LogP contribution in [0.1, 0.15) is 0 Å². The van der Waals surface area contributed by atoms with Gasteiger partial charge in [0.2, 0.25) is 11.8 Å². The van der Waals surface area contributed by atoms with Gasteiger partial charge in [-0.3, -0.25) is 4.79 Å². The molecule has 0 spiro atoms. The molecule has 0 atom stereocenters. The van der Waals surface area contributed by atoms with Crippen LogP contribution in [0.3, 0.4) is 0 Å². The molecule has 0 saturated carbocycles. The van der Waals surface area contributed by atoms with E-state index < -0.39 is 0 Å². The highest BCUT2D eigenvalue weighted by molar-refractivity contribution is 6.29. The van der Waals surface area contributed by atoms with Gasteiger partial charge in [0.1, 0.15) is 17.2 Å². The molecule has 0 radical (unpaired) electrons. The second-order valence-electron chi connectivity index (χ2n) is 4.39. The number of oxazole rings is 1. The Labute approximate surface area is 124 Å². The largest absolute Gasteiger partial charge is 0.436 e. The van der Waals surface area contributed by atoms with Crippen molar-refractivity contribution in [2.75, 3.05) is 11.2 Å². The molecule has 1 N–H and O–H groups in total. The predicted octanol–water partition coefficient (Wildman–Crippen LogP) is 3.81. The normalized spacial score (nSPS) is 10.8. The minimum atomic E-state index is -0.319. The highest BCUT2D eigenvalue weighted by Crippen LogP contribution is 2.26. The molecular formula is C15H10ClFN2O2. The number of alkyl halides is 1. The summed E-state index contributed by atoms with van der Waals surface area (Å²) in [4.78, 5) is 15.6. The molecule has 106 valence electrons. The first-order valence-corrected chi connectivity index (χ1v) is 6.71. The third-order valence-electron chi connectivity index (χ3n) is 2.88. The zero-order valence-corrected chi connectivity index (χ0v) is 11.5. The van der Waals surface area contributed by atoms with Crippen LogP contribution in [0.4, 0.5) is 10.1 Å². The predicted molar refractivity (Wildman–Crippen MR) is 78.8 cm³/mol. The summed E-state index contributed by atoms with van der Waals surface area (Å²) < 4.78 is 18.5. The third-order valence-corrected chi connectivity index (χ3v) is 3.13. The number of halogens is 2. The molecule has 4 nitrogen and oxygen atoms in total. The number of fused-ring (bicyclic) bond motifs is 1. The number of rotatable bonds is 3. The van der Waals surface area contributed by atoms with E-state index in [0.29, 0.717) is 28.2 Å². The van der Waals surface area contributed by atoms with Crippen molar-refractivity contribution >= 4 is 34.3 Å². The first-order chi connectivity index (χ1) is 10.2. The van der Waals surface area contributed by atoms with E-state index in [4.69, 9.17) is 16.0 Å². The number of hydrogen-bond acceptors (Lipinski definition) is 3. The monoisotopic (exact) mass is 304 g/mol. The van der Waals surface area contributed by atoms with Gasteiger partial charge >= 0.3 is 0 Å². The Morgan fingerprint density at radius 2 is 2.00 bits per heavy atom. The van der Waals surface area contributed by atoms with Crippen LogP contribution in [0.2, 0.25) is 0 Å². The van der Waals surface area contributed by atoms with Crippen molar-refractivity contribution in [3.8, 4) is 11.5 Å². The zero-order chi connectivity index (χ0) is 14.8. The van der Waals surface area contributed by atoms with Gasteiger partial charge in [0.05, 0.1) is 0 Å². The Balaban J connectivity index is 1.96. The molecule has 0 bridgehead atoms. The van der Waals surface area contributed by atoms with E-state index in [1.807, 2.05) is 0 Å². The average Bonchev–Trinajstić information content (AvgIpc) is 2.91. The maximum absolute atomic E-state index is 12.9. The van der Waals surface area contributed by atoms with Crippen LogP contribution in [0, 0.1) is 5.82 Å². The summed E-state index contributed by atoms with van der Waals surface area (Å²) in [7, 11) is 0. The van der Waals surface area contributed by atoms with Crippen molar-refractivity contribution in [1.29, 1.82) is 0 Å². The number of aromatic nitrogens is 1. The molecule has 1 aromatic heterocycles. The van der Waals surface area contributed by atoms with E-state index in [2.05, 4.69) is 10.3 Å². The van der Waals surface area contributed by atoms with Crippen LogP contribution in [0.25, 0.3) is 22.6 Å². The van der Waals surface area contributed by atoms with Gasteiger partial charge < -0.3 is 9.73 Å². The lowest BCUT2D eigenvalue weighted by Gasteiger charge is -2.01. The summed E-state index contributed by atoms with van der Waals surface area (Å²) in [6.07, 6.45) is 0. The number of benzene rings is 2. The number of nitrogens with one attached hydrogen (secondary N) is 1. The molecule has 0 saturated heterocycles. The summed E-state index contributed by atoms with van der Waals surface area (Å²) >= 11 is 5.44. The SMILES string of the molecule is O=C(CCl)Nc1ccc2oc(-c3ccc(F)cc3)nc2c1. The lowest BCUT2D eigenvalue weighted by Crippen LogP contribution is -2.12. The lowest BCUT2D eigenvalue weighted by molar-refractivity contribution is -0.113. The average molecular weight is 305 g/mol. The fourth-order valence-corrected chi connectivity index (χ4v) is 1.98. The fourth-order valence-electron chi connectivity index (χ4n) is 1.92. The number of nitrogens with zero attached hydrogens (tertiary/aromatic N) is 1. The van der Waals surface area contributed by atoms with Gasteiger partial charge in [-0.05, 0) is 42.5 Å². The summed E-state index contributed by atoms with van der Waals surface area (Å²) in [5.74, 6) is -0.331. The molecule has 0 aliphatic rings. The number of amides is 1. The third kappa shape index (κ3) is 2.87. The quantitative estimate of drug-likeness (QED) is 0.749. The van der Waals surface area contributed by atoms with Crippen molar-refractivity contribution < 1.29 is 13.6 Å². The van der Waals surface area contributed by atoms with Crippen molar-refractivity contribution in [3.05, 3.63) is 48.3 Å². The topological polar surface area (TPSA) is 55.1 Å². The van der Waals surface area contributed by atoms with Gasteiger partial charge in [-0.1, -0.05) is 0 Å². The molecule has 0 aliphatic heterocycles. The van der Waals surface area contributed by atoms with E-state index in [1.54, 1.807) is 30.3 Å². The van der Waals surface area contributed by atoms with E-state index in [0.717, 1.165) is 0 Å². The van der Waals surface area contributed by atoms with E-state index in [9.17, 15) is 9.18 Å². The summed E-state index contributed by atoms with van der Waals surface area (Å²) in [5, 5.41) is 2.64. The molecule has 2 aromatic carbocycles. The van der Waals surface area contributed by atoms with Gasteiger partial charge in [0.25, 0.3) is 0 Å². The van der Waals surface area contributed by atoms with Gasteiger partial charge in [-0.25, -0.2) is 9.37 Å². The molecule has 3 rings (SSSR count). The van der Waals surface area contributed by atoms with Crippen LogP contribution in [-0.4, -0.2) is 16.8 Å². The second kappa shape index (κ2) is 5.54. The molecular weight excluding hydrogens is 295 g/mol. The molecule has 21 heavy (non-hydrogen) atoms. The van der Waals surface area contributed by atoms with Gasteiger partial charge in [-0.15, -0.1) is 11.6 Å². The van der Waals surface area contributed by atoms with Crippen molar-refractivity contribution in [1.82, 2.24) is 4.98 Å². The Bertz CT molecular complexity index is 799. The summed E-state index contributed by atoms with van der Waals surface area (Å²) in [5.41, 5.74) is 2.45. The van der Waals surface area contributed by atoms with Gasteiger partial charge in [0.15, 0.2) is 5.58 Å². The number of carbonyl (C=O) groups is 1. The Hall–Kier alpha value is -2.40. The Morgan fingerprint density at radius 1 is 1.24 bits per heavy atom. The first-order valence-electron chi connectivity index (χ1n) is 6.18. The highest BCUT2D eigenvalue weighted by atomic mass is 35.5. The molecule has 0 aliphatic carbocycles. The maximum Gasteiger partial charge on any atom is 0.239 e. The Kier molecular flexibility index (Phi) is 3.58. The number of hydrogen-bond donors (Lipinski definition) is 1. The van der Waals surface area contributed by atoms with Crippen molar-refractivity contribution in [2.45, 2.75) is 0 Å². The minimum absolute atomic E-state index is 0.113. The van der Waals surface area contributed by atoms with Crippen LogP contribution in [0.5, 0.6) is 0 Å². The van der Waals surface area contributed by atoms with E-state index >= 15 is 0 Å². The van der Waals surface area contributed by atoms with E-state index in [1.165, 1.54) is 12.1 Å². The van der Waals surface area contributed by atoms with E-state index in [-0.39, 0.29) is 17.6 Å². The highest BCUT2D eigenvalue weighted by Gasteiger charge is 2.09. The molecule has 6 heteroatoms. The van der Waals surface area contributed by atoms with Gasteiger partial charge in [0, 0.05) is 11.3 Å². The molecule has 3 aromatic rings. The maximum atomic E-state index is 12.9. The minimum Gasteiger partial charge on any atom is -0.436 e. The zero-order valence-electron chi connectivity index (χ0n) is 10.8. The Morgan fingerprint density at radius 3 is 2.71 bits per heavy atom. The van der Waals surface area contributed by atoms with Crippen LogP contribution in [0.15, 0.2) is 46.9 Å². The summed E-state index contributed by atoms with van der Waals surface area (Å²) in [6.45, 7) is 0. The van der Waals surface area contributed by atoms with Gasteiger partial charge in [-0.2, -0.15) is 0 Å². The molecule has 1 amide bonds.